The molecule has 1 nitrogen and oxygen atoms in total. The molecule has 0 amide bonds. The molecule has 0 aromatic heterocycles. The Morgan fingerprint density at radius 2 is 2.08 bits per heavy atom. The van der Waals surface area contributed by atoms with Crippen molar-refractivity contribution in [1.82, 2.24) is 0 Å². The lowest BCUT2D eigenvalue weighted by atomic mass is 9.96. The normalized spacial score (nSPS) is 26.9. The molecule has 2 rings (SSSR count). The zero-order valence-electron chi connectivity index (χ0n) is 7.11. The zero-order chi connectivity index (χ0) is 9.26. The van der Waals surface area contributed by atoms with Crippen LogP contribution in [-0.2, 0) is 0 Å². The van der Waals surface area contributed by atoms with Gasteiger partial charge in [0.1, 0.15) is 0 Å². The second-order valence-corrected chi connectivity index (χ2v) is 4.92. The first-order valence-corrected chi connectivity index (χ1v) is 5.62. The number of halogens is 1. The van der Waals surface area contributed by atoms with Gasteiger partial charge in [-0.15, -0.1) is 11.8 Å². The minimum absolute atomic E-state index is 0.138. The number of aliphatic hydroxyl groups excluding tert-OH is 1. The molecule has 13 heavy (non-hydrogen) atoms. The van der Waals surface area contributed by atoms with Crippen molar-refractivity contribution >= 4 is 23.4 Å². The molecule has 1 fully saturated rings. The zero-order valence-corrected chi connectivity index (χ0v) is 8.68. The molecular formula is C10H11ClOS. The molecule has 0 heterocycles. The van der Waals surface area contributed by atoms with Gasteiger partial charge in [0.25, 0.3) is 0 Å². The van der Waals surface area contributed by atoms with Crippen LogP contribution >= 0.6 is 23.4 Å². The van der Waals surface area contributed by atoms with E-state index in [0.717, 1.165) is 22.8 Å². The van der Waals surface area contributed by atoms with Crippen LogP contribution < -0.4 is 0 Å². The lowest BCUT2D eigenvalue weighted by molar-refractivity contribution is 0.103. The van der Waals surface area contributed by atoms with Crippen molar-refractivity contribution < 1.29 is 5.11 Å². The molecule has 1 aliphatic carbocycles. The van der Waals surface area contributed by atoms with Crippen LogP contribution in [0, 0.1) is 0 Å². The Bertz CT molecular complexity index is 303. The highest BCUT2D eigenvalue weighted by Crippen LogP contribution is 2.39. The van der Waals surface area contributed by atoms with Crippen LogP contribution in [-0.4, -0.2) is 16.5 Å². The minimum atomic E-state index is -0.138. The quantitative estimate of drug-likeness (QED) is 0.817. The summed E-state index contributed by atoms with van der Waals surface area (Å²) < 4.78 is 0. The van der Waals surface area contributed by atoms with Gasteiger partial charge in [0.05, 0.1) is 11.1 Å². The number of thioether (sulfide) groups is 1. The van der Waals surface area contributed by atoms with Crippen LogP contribution in [0.3, 0.4) is 0 Å². The molecule has 1 aromatic rings. The highest BCUT2D eigenvalue weighted by atomic mass is 35.5. The second kappa shape index (κ2) is 3.91. The summed E-state index contributed by atoms with van der Waals surface area (Å²) in [6.07, 6.45) is 1.89. The molecule has 2 atom stereocenters. The number of benzene rings is 1. The standard InChI is InChI=1S/C10H11ClOS/c11-7-3-1-2-4-9(7)13-10-6-5-8(10)12/h1-4,8,10,12H,5-6H2/t8-,10-/m1/s1. The average molecular weight is 215 g/mol. The smallest absolute Gasteiger partial charge is 0.0662 e. The van der Waals surface area contributed by atoms with Gasteiger partial charge in [-0.25, -0.2) is 0 Å². The second-order valence-electron chi connectivity index (χ2n) is 3.23. The summed E-state index contributed by atoms with van der Waals surface area (Å²) in [5, 5.41) is 10.5. The van der Waals surface area contributed by atoms with Crippen LogP contribution in [0.4, 0.5) is 0 Å². The lowest BCUT2D eigenvalue weighted by Crippen LogP contribution is -2.33. The van der Waals surface area contributed by atoms with Crippen molar-refractivity contribution in [2.45, 2.75) is 29.1 Å². The van der Waals surface area contributed by atoms with Crippen molar-refractivity contribution in [1.29, 1.82) is 0 Å². The van der Waals surface area contributed by atoms with Gasteiger partial charge in [0, 0.05) is 10.1 Å². The molecule has 1 saturated carbocycles. The maximum Gasteiger partial charge on any atom is 0.0662 e. The van der Waals surface area contributed by atoms with Crippen LogP contribution in [0.15, 0.2) is 29.2 Å². The molecule has 1 N–H and O–H groups in total. The predicted octanol–water partition coefficient (Wildman–Crippen LogP) is 2.96. The van der Waals surface area contributed by atoms with E-state index in [1.165, 1.54) is 0 Å². The molecule has 0 unspecified atom stereocenters. The fourth-order valence-electron chi connectivity index (χ4n) is 1.29. The molecule has 0 bridgehead atoms. The molecule has 1 aliphatic rings. The fraction of sp³-hybridized carbons (Fsp3) is 0.400. The fourth-order valence-corrected chi connectivity index (χ4v) is 2.77. The van der Waals surface area contributed by atoms with Crippen molar-refractivity contribution in [2.24, 2.45) is 0 Å². The maximum absolute atomic E-state index is 9.40. The van der Waals surface area contributed by atoms with Crippen LogP contribution in [0.1, 0.15) is 12.8 Å². The van der Waals surface area contributed by atoms with E-state index < -0.39 is 0 Å². The van der Waals surface area contributed by atoms with Gasteiger partial charge in [0.15, 0.2) is 0 Å². The Morgan fingerprint density at radius 1 is 1.31 bits per heavy atom. The third-order valence-corrected chi connectivity index (χ3v) is 4.20. The van der Waals surface area contributed by atoms with Gasteiger partial charge < -0.3 is 5.11 Å². The van der Waals surface area contributed by atoms with Gasteiger partial charge in [-0.05, 0) is 25.0 Å². The Balaban J connectivity index is 2.05. The molecule has 0 spiro atoms. The Morgan fingerprint density at radius 3 is 2.62 bits per heavy atom. The summed E-state index contributed by atoms with van der Waals surface area (Å²) in [4.78, 5) is 1.08. The van der Waals surface area contributed by atoms with Gasteiger partial charge in [-0.2, -0.15) is 0 Å². The number of hydrogen-bond donors (Lipinski definition) is 1. The van der Waals surface area contributed by atoms with Crippen molar-refractivity contribution in [3.63, 3.8) is 0 Å². The van der Waals surface area contributed by atoms with E-state index in [4.69, 9.17) is 11.6 Å². The number of hydrogen-bond acceptors (Lipinski definition) is 2. The highest BCUT2D eigenvalue weighted by Gasteiger charge is 2.29. The first-order chi connectivity index (χ1) is 6.27. The molecule has 0 radical (unpaired) electrons. The van der Waals surface area contributed by atoms with E-state index in [0.29, 0.717) is 5.25 Å². The molecule has 0 aliphatic heterocycles. The summed E-state index contributed by atoms with van der Waals surface area (Å²) in [5.41, 5.74) is 0. The Kier molecular flexibility index (Phi) is 2.82. The molecular weight excluding hydrogens is 204 g/mol. The van der Waals surface area contributed by atoms with E-state index in [1.54, 1.807) is 11.8 Å². The third kappa shape index (κ3) is 2.01. The maximum atomic E-state index is 9.40. The van der Waals surface area contributed by atoms with E-state index in [9.17, 15) is 5.11 Å². The summed E-state index contributed by atoms with van der Waals surface area (Å²) in [7, 11) is 0. The van der Waals surface area contributed by atoms with Gasteiger partial charge in [0.2, 0.25) is 0 Å². The number of aliphatic hydroxyl groups is 1. The topological polar surface area (TPSA) is 20.2 Å². The van der Waals surface area contributed by atoms with E-state index in [2.05, 4.69) is 0 Å². The van der Waals surface area contributed by atoms with Crippen molar-refractivity contribution in [3.05, 3.63) is 29.3 Å². The van der Waals surface area contributed by atoms with Crippen molar-refractivity contribution in [2.75, 3.05) is 0 Å². The molecule has 3 heteroatoms. The van der Waals surface area contributed by atoms with Gasteiger partial charge in [-0.1, -0.05) is 23.7 Å². The monoisotopic (exact) mass is 214 g/mol. The minimum Gasteiger partial charge on any atom is -0.392 e. The van der Waals surface area contributed by atoms with Gasteiger partial charge >= 0.3 is 0 Å². The highest BCUT2D eigenvalue weighted by molar-refractivity contribution is 8.00. The predicted molar refractivity (Wildman–Crippen MR) is 56.3 cm³/mol. The first-order valence-electron chi connectivity index (χ1n) is 4.36. The van der Waals surface area contributed by atoms with E-state index in [1.807, 2.05) is 24.3 Å². The van der Waals surface area contributed by atoms with Gasteiger partial charge in [-0.3, -0.25) is 0 Å². The molecule has 0 saturated heterocycles. The number of rotatable bonds is 2. The molecule has 70 valence electrons. The summed E-state index contributed by atoms with van der Waals surface area (Å²) >= 11 is 7.68. The molecule has 1 aromatic carbocycles. The first kappa shape index (κ1) is 9.38. The average Bonchev–Trinajstić information content (AvgIpc) is 2.14. The third-order valence-electron chi connectivity index (χ3n) is 2.29. The van der Waals surface area contributed by atoms with E-state index in [-0.39, 0.29) is 6.10 Å². The van der Waals surface area contributed by atoms with Crippen LogP contribution in [0.25, 0.3) is 0 Å². The SMILES string of the molecule is O[C@@H]1CC[C@H]1Sc1ccccc1Cl. The largest absolute Gasteiger partial charge is 0.392 e. The van der Waals surface area contributed by atoms with Crippen LogP contribution in [0.2, 0.25) is 5.02 Å². The Labute approximate surface area is 87.1 Å². The van der Waals surface area contributed by atoms with Crippen molar-refractivity contribution in [3.8, 4) is 0 Å². The van der Waals surface area contributed by atoms with E-state index >= 15 is 0 Å². The Hall–Kier alpha value is -0.180. The summed E-state index contributed by atoms with van der Waals surface area (Å²) in [6, 6.07) is 7.77. The lowest BCUT2D eigenvalue weighted by Gasteiger charge is -2.31. The summed E-state index contributed by atoms with van der Waals surface area (Å²) in [6.45, 7) is 0. The van der Waals surface area contributed by atoms with Crippen LogP contribution in [0.5, 0.6) is 0 Å². The summed E-state index contributed by atoms with van der Waals surface area (Å²) in [5.74, 6) is 0.